The molecule has 0 spiro atoms. The fraction of sp³-hybridized carbons (Fsp3) is 0.359. The third-order valence-electron chi connectivity index (χ3n) is 10.0. The van der Waals surface area contributed by atoms with Crippen molar-refractivity contribution < 1.29 is 4.74 Å². The van der Waals surface area contributed by atoms with Crippen LogP contribution < -0.4 is 5.01 Å². The summed E-state index contributed by atoms with van der Waals surface area (Å²) in [6.07, 6.45) is 7.71. The third kappa shape index (κ3) is 6.86. The molecule has 2 atom stereocenters. The average molecular weight is 784 g/mol. The SMILES string of the molecule is CN1CCC(OC(c2cccc(I)c2)c2nc3ccccc3n2N(C2CCN(C)CC2)C(c2cccnc2)c2nc3ccccc3s2)CC1. The maximum atomic E-state index is 7.26. The Kier molecular flexibility index (Phi) is 9.65. The Morgan fingerprint density at radius 2 is 1.51 bits per heavy atom. The Balaban J connectivity index is 1.37. The second-order valence-electron chi connectivity index (χ2n) is 13.5. The molecule has 2 aliphatic heterocycles. The van der Waals surface area contributed by atoms with E-state index in [1.54, 1.807) is 11.3 Å². The van der Waals surface area contributed by atoms with Gasteiger partial charge in [-0.25, -0.2) is 14.6 Å². The van der Waals surface area contributed by atoms with Gasteiger partial charge in [0.05, 0.1) is 27.4 Å². The molecule has 2 fully saturated rings. The number of aromatic nitrogens is 4. The highest BCUT2D eigenvalue weighted by Crippen LogP contribution is 2.40. The first kappa shape index (κ1) is 32.8. The summed E-state index contributed by atoms with van der Waals surface area (Å²) in [6.45, 7) is 4.11. The van der Waals surface area contributed by atoms with E-state index in [-0.39, 0.29) is 24.3 Å². The smallest absolute Gasteiger partial charge is 0.162 e. The van der Waals surface area contributed by atoms with E-state index in [9.17, 15) is 0 Å². The summed E-state index contributed by atoms with van der Waals surface area (Å²) in [5, 5.41) is 3.66. The lowest BCUT2D eigenvalue weighted by atomic mass is 10.0. The van der Waals surface area contributed by atoms with Crippen molar-refractivity contribution in [3.05, 3.63) is 123 Å². The molecule has 10 heteroatoms. The molecule has 5 heterocycles. The summed E-state index contributed by atoms with van der Waals surface area (Å²) in [7, 11) is 4.43. The predicted octanol–water partition coefficient (Wildman–Crippen LogP) is 7.67. The molecule has 3 aromatic heterocycles. The van der Waals surface area contributed by atoms with Gasteiger partial charge in [0.1, 0.15) is 17.2 Å². The topological polar surface area (TPSA) is 62.6 Å². The number of thiazole rings is 1. The number of halogens is 1. The number of piperidine rings is 2. The lowest BCUT2D eigenvalue weighted by Crippen LogP contribution is -2.52. The first-order valence-corrected chi connectivity index (χ1v) is 19.2. The number of hydrogen-bond acceptors (Lipinski definition) is 8. The lowest BCUT2D eigenvalue weighted by molar-refractivity contribution is -0.0283. The van der Waals surface area contributed by atoms with Crippen molar-refractivity contribution in [2.75, 3.05) is 45.3 Å². The molecule has 3 aromatic carbocycles. The van der Waals surface area contributed by atoms with Gasteiger partial charge in [0, 0.05) is 40.7 Å². The third-order valence-corrected chi connectivity index (χ3v) is 11.8. The molecule has 2 unspecified atom stereocenters. The molecular formula is C39H42IN7OS. The predicted molar refractivity (Wildman–Crippen MR) is 207 cm³/mol. The molecule has 2 aliphatic rings. The first-order valence-electron chi connectivity index (χ1n) is 17.3. The van der Waals surface area contributed by atoms with Crippen LogP contribution in [0.2, 0.25) is 0 Å². The molecule has 0 radical (unpaired) electrons. The highest BCUT2D eigenvalue weighted by Gasteiger charge is 2.38. The summed E-state index contributed by atoms with van der Waals surface area (Å²) >= 11 is 4.19. The number of benzene rings is 3. The van der Waals surface area contributed by atoms with Crippen LogP contribution in [0.5, 0.6) is 0 Å². The number of ether oxygens (including phenoxy) is 1. The minimum atomic E-state index is -0.353. The zero-order valence-electron chi connectivity index (χ0n) is 28.0. The van der Waals surface area contributed by atoms with Gasteiger partial charge < -0.3 is 14.5 Å². The Bertz CT molecular complexity index is 1980. The fourth-order valence-electron chi connectivity index (χ4n) is 7.42. The van der Waals surface area contributed by atoms with Crippen molar-refractivity contribution in [1.29, 1.82) is 0 Å². The van der Waals surface area contributed by atoms with Crippen molar-refractivity contribution in [1.82, 2.24) is 29.4 Å². The van der Waals surface area contributed by atoms with Crippen LogP contribution >= 0.6 is 33.9 Å². The molecule has 252 valence electrons. The lowest BCUT2D eigenvalue weighted by Gasteiger charge is -2.44. The van der Waals surface area contributed by atoms with E-state index < -0.39 is 0 Å². The molecule has 2 saturated heterocycles. The van der Waals surface area contributed by atoms with Crippen molar-refractivity contribution in [3.63, 3.8) is 0 Å². The van der Waals surface area contributed by atoms with Gasteiger partial charge in [-0.3, -0.25) is 9.99 Å². The van der Waals surface area contributed by atoms with E-state index in [1.165, 1.54) is 8.27 Å². The van der Waals surface area contributed by atoms with Crippen molar-refractivity contribution >= 4 is 55.2 Å². The first-order chi connectivity index (χ1) is 24.0. The number of imidazole rings is 1. The van der Waals surface area contributed by atoms with Crippen molar-refractivity contribution in [3.8, 4) is 0 Å². The minimum Gasteiger partial charge on any atom is -0.362 e. The highest BCUT2D eigenvalue weighted by atomic mass is 127. The second kappa shape index (κ2) is 14.4. The number of fused-ring (bicyclic) bond motifs is 2. The van der Waals surface area contributed by atoms with Gasteiger partial charge in [-0.1, -0.05) is 42.5 Å². The molecule has 8 nitrogen and oxygen atoms in total. The van der Waals surface area contributed by atoms with E-state index in [4.69, 9.17) is 14.7 Å². The van der Waals surface area contributed by atoms with E-state index in [0.29, 0.717) is 0 Å². The maximum absolute atomic E-state index is 7.26. The number of para-hydroxylation sites is 3. The summed E-state index contributed by atoms with van der Waals surface area (Å²) in [5.74, 6) is 0.913. The van der Waals surface area contributed by atoms with Crippen LogP contribution in [0.3, 0.4) is 0 Å². The largest absolute Gasteiger partial charge is 0.362 e. The Labute approximate surface area is 305 Å². The fourth-order valence-corrected chi connectivity index (χ4v) is 9.08. The van der Waals surface area contributed by atoms with Gasteiger partial charge >= 0.3 is 0 Å². The number of nitrogens with zero attached hydrogens (tertiary/aromatic N) is 7. The molecule has 0 saturated carbocycles. The molecule has 0 amide bonds. The zero-order valence-corrected chi connectivity index (χ0v) is 31.0. The summed E-state index contributed by atoms with van der Waals surface area (Å²) in [6, 6.07) is 30.1. The number of hydrogen-bond donors (Lipinski definition) is 0. The molecule has 0 aliphatic carbocycles. The van der Waals surface area contributed by atoms with Crippen LogP contribution in [0.25, 0.3) is 21.3 Å². The Morgan fingerprint density at radius 3 is 2.24 bits per heavy atom. The van der Waals surface area contributed by atoms with E-state index >= 15 is 0 Å². The van der Waals surface area contributed by atoms with E-state index in [0.717, 1.165) is 90.4 Å². The molecular weight excluding hydrogens is 741 g/mol. The quantitative estimate of drug-likeness (QED) is 0.140. The van der Waals surface area contributed by atoms with Gasteiger partial charge in [0.2, 0.25) is 0 Å². The van der Waals surface area contributed by atoms with Gasteiger partial charge in [-0.15, -0.1) is 11.3 Å². The van der Waals surface area contributed by atoms with Crippen LogP contribution in [0, 0.1) is 3.57 Å². The molecule has 0 N–H and O–H groups in total. The van der Waals surface area contributed by atoms with Crippen LogP contribution in [-0.4, -0.2) is 81.8 Å². The zero-order chi connectivity index (χ0) is 33.3. The van der Waals surface area contributed by atoms with Crippen molar-refractivity contribution in [2.24, 2.45) is 0 Å². The Hall–Kier alpha value is -3.42. The summed E-state index contributed by atoms with van der Waals surface area (Å²) < 4.78 is 12.1. The van der Waals surface area contributed by atoms with Crippen LogP contribution in [0.15, 0.2) is 97.3 Å². The number of rotatable bonds is 9. The molecule has 49 heavy (non-hydrogen) atoms. The molecule has 8 rings (SSSR count). The Morgan fingerprint density at radius 1 is 0.796 bits per heavy atom. The average Bonchev–Trinajstić information content (AvgIpc) is 3.73. The maximum Gasteiger partial charge on any atom is 0.162 e. The van der Waals surface area contributed by atoms with Gasteiger partial charge in [-0.2, -0.15) is 0 Å². The number of likely N-dealkylation sites (tertiary alicyclic amines) is 2. The van der Waals surface area contributed by atoms with Gasteiger partial charge in [0.25, 0.3) is 0 Å². The van der Waals surface area contributed by atoms with E-state index in [2.05, 4.69) is 140 Å². The van der Waals surface area contributed by atoms with E-state index in [1.807, 2.05) is 18.5 Å². The van der Waals surface area contributed by atoms with Gasteiger partial charge in [-0.05, 0) is 123 Å². The van der Waals surface area contributed by atoms with Gasteiger partial charge in [0.15, 0.2) is 5.82 Å². The summed E-state index contributed by atoms with van der Waals surface area (Å²) in [5.41, 5.74) is 5.31. The number of pyridine rings is 1. The molecule has 6 aromatic rings. The monoisotopic (exact) mass is 783 g/mol. The molecule has 0 bridgehead atoms. The normalized spacial score (nSPS) is 18.3. The van der Waals surface area contributed by atoms with Crippen LogP contribution in [0.1, 0.15) is 59.8 Å². The minimum absolute atomic E-state index is 0.141. The second-order valence-corrected chi connectivity index (χ2v) is 15.8. The highest BCUT2D eigenvalue weighted by molar-refractivity contribution is 14.1. The van der Waals surface area contributed by atoms with Crippen molar-refractivity contribution in [2.45, 2.75) is 50.0 Å². The van der Waals surface area contributed by atoms with Crippen LogP contribution in [0.4, 0.5) is 0 Å². The summed E-state index contributed by atoms with van der Waals surface area (Å²) in [4.78, 5) is 20.3. The van der Waals surface area contributed by atoms with Crippen LogP contribution in [-0.2, 0) is 4.74 Å². The standard InChI is InChI=1S/C39H42IN7OS/c1-44-21-16-30(17-22-44)46(36(28-10-8-20-41-26-28)39-43-33-13-4-6-15-35(33)49-39)47-34-14-5-3-12-32(34)42-38(47)37(27-9-7-11-29(40)25-27)48-31-18-23-45(2)24-19-31/h3-15,20,25-26,30-31,36-37H,16-19,21-24H2,1-2H3.